The molecule has 0 aliphatic carbocycles. The number of benzene rings is 2. The number of hydrogen-bond donors (Lipinski definition) is 1. The molecule has 0 spiro atoms. The van der Waals surface area contributed by atoms with Crippen molar-refractivity contribution in [1.29, 1.82) is 0 Å². The zero-order valence-corrected chi connectivity index (χ0v) is 16.9. The lowest BCUT2D eigenvalue weighted by atomic mass is 10.0. The first kappa shape index (κ1) is 19.2. The first-order valence-electron chi connectivity index (χ1n) is 8.40. The summed E-state index contributed by atoms with van der Waals surface area (Å²) >= 11 is 1.07. The van der Waals surface area contributed by atoms with E-state index in [2.05, 4.69) is 19.3 Å². The fraction of sp³-hybridized carbons (Fsp3) is 0.211. The van der Waals surface area contributed by atoms with Gasteiger partial charge in [0.1, 0.15) is 4.88 Å². The number of anilines is 1. The maximum Gasteiger partial charge on any atom is 0.269 e. The van der Waals surface area contributed by atoms with Crippen LogP contribution in [0.2, 0.25) is 0 Å². The van der Waals surface area contributed by atoms with Crippen molar-refractivity contribution in [3.63, 3.8) is 0 Å². The highest BCUT2D eigenvalue weighted by atomic mass is 32.2. The molecule has 0 radical (unpaired) electrons. The van der Waals surface area contributed by atoms with Crippen LogP contribution in [0.3, 0.4) is 0 Å². The Kier molecular flexibility index (Phi) is 5.67. The Hall–Kier alpha value is -2.58. The van der Waals surface area contributed by atoms with E-state index in [-0.39, 0.29) is 5.91 Å². The van der Waals surface area contributed by atoms with Crippen LogP contribution in [0.5, 0.6) is 0 Å². The minimum Gasteiger partial charge on any atom is -0.321 e. The van der Waals surface area contributed by atoms with Crippen molar-refractivity contribution in [2.24, 2.45) is 4.36 Å². The molecule has 6 nitrogen and oxygen atoms in total. The molecule has 0 aliphatic rings. The van der Waals surface area contributed by atoms with Crippen LogP contribution in [0.25, 0.3) is 11.1 Å². The van der Waals surface area contributed by atoms with Crippen LogP contribution in [0, 0.1) is 6.92 Å². The number of nitrogens with one attached hydrogen (secondary N) is 1. The number of para-hydroxylation sites is 1. The molecule has 8 heteroatoms. The summed E-state index contributed by atoms with van der Waals surface area (Å²) in [5.74, 6) is -0.232. The van der Waals surface area contributed by atoms with Crippen LogP contribution in [0.15, 0.2) is 57.8 Å². The molecule has 27 heavy (non-hydrogen) atoms. The molecule has 0 saturated carbocycles. The summed E-state index contributed by atoms with van der Waals surface area (Å²) in [5.41, 5.74) is 3.10. The Morgan fingerprint density at radius 3 is 2.52 bits per heavy atom. The number of rotatable bonds is 5. The third-order valence-electron chi connectivity index (χ3n) is 4.01. The van der Waals surface area contributed by atoms with Gasteiger partial charge >= 0.3 is 0 Å². The van der Waals surface area contributed by atoms with Gasteiger partial charge in [0.15, 0.2) is 0 Å². The zero-order chi connectivity index (χ0) is 19.4. The molecule has 1 N–H and O–H groups in total. The number of nitrogens with zero attached hydrogens (tertiary/aromatic N) is 3. The van der Waals surface area contributed by atoms with Crippen LogP contribution >= 0.6 is 11.5 Å². The Morgan fingerprint density at radius 2 is 1.89 bits per heavy atom. The van der Waals surface area contributed by atoms with Gasteiger partial charge in [0.05, 0.1) is 15.4 Å². The quantitative estimate of drug-likeness (QED) is 0.694. The lowest BCUT2D eigenvalue weighted by molar-refractivity contribution is 0.103. The third-order valence-corrected chi connectivity index (χ3v) is 6.74. The summed E-state index contributed by atoms with van der Waals surface area (Å²) in [6.07, 6.45) is 1.64. The summed E-state index contributed by atoms with van der Waals surface area (Å²) in [6.45, 7) is 4.14. The van der Waals surface area contributed by atoms with Gasteiger partial charge in [-0.05, 0) is 49.1 Å². The standard InChI is InChI=1S/C19H20N4O2S2/c1-4-20-27(3,25)15-11-9-14(10-12-15)16-7-5-6-8-17(16)21-19(24)18-13(2)22-23-26-18/h5-12H,4H2,1-3H3,(H,21,24). The molecule has 2 aromatic carbocycles. The fourth-order valence-electron chi connectivity index (χ4n) is 2.67. The van der Waals surface area contributed by atoms with Gasteiger partial charge < -0.3 is 5.32 Å². The Bertz CT molecular complexity index is 1080. The first-order chi connectivity index (χ1) is 12.9. The molecule has 3 rings (SSSR count). The van der Waals surface area contributed by atoms with Crippen molar-refractivity contribution in [2.75, 3.05) is 18.1 Å². The van der Waals surface area contributed by atoms with Crippen molar-refractivity contribution >= 4 is 32.9 Å². The molecular weight excluding hydrogens is 380 g/mol. The van der Waals surface area contributed by atoms with Gasteiger partial charge in [-0.3, -0.25) is 4.79 Å². The average molecular weight is 401 g/mol. The van der Waals surface area contributed by atoms with E-state index in [1.54, 1.807) is 13.2 Å². The Balaban J connectivity index is 1.92. The summed E-state index contributed by atoms with van der Waals surface area (Å²) in [4.78, 5) is 13.7. The normalized spacial score (nSPS) is 13.0. The van der Waals surface area contributed by atoms with Gasteiger partial charge in [-0.2, -0.15) is 0 Å². The number of carbonyl (C=O) groups excluding carboxylic acids is 1. The fourth-order valence-corrected chi connectivity index (χ4v) is 4.51. The van der Waals surface area contributed by atoms with Gasteiger partial charge in [0.25, 0.3) is 5.91 Å². The second-order valence-electron chi connectivity index (χ2n) is 5.96. The molecule has 0 saturated heterocycles. The molecule has 0 fully saturated rings. The summed E-state index contributed by atoms with van der Waals surface area (Å²) in [5, 5.41) is 6.81. The highest BCUT2D eigenvalue weighted by molar-refractivity contribution is 7.93. The molecule has 3 aromatic rings. The minimum absolute atomic E-state index is 0.232. The summed E-state index contributed by atoms with van der Waals surface area (Å²) in [7, 11) is -2.38. The molecular formula is C19H20N4O2S2. The average Bonchev–Trinajstić information content (AvgIpc) is 3.08. The highest BCUT2D eigenvalue weighted by Crippen LogP contribution is 2.29. The maximum atomic E-state index is 12.6. The third kappa shape index (κ3) is 4.23. The van der Waals surface area contributed by atoms with Gasteiger partial charge in [-0.15, -0.1) is 5.10 Å². The van der Waals surface area contributed by atoms with E-state index in [1.807, 2.05) is 55.5 Å². The van der Waals surface area contributed by atoms with E-state index in [9.17, 15) is 9.00 Å². The van der Waals surface area contributed by atoms with E-state index in [0.29, 0.717) is 27.7 Å². The Labute approximate surface area is 163 Å². The molecule has 1 unspecified atom stereocenters. The predicted molar refractivity (Wildman–Crippen MR) is 110 cm³/mol. The van der Waals surface area contributed by atoms with Gasteiger partial charge in [-0.25, -0.2) is 8.57 Å². The monoisotopic (exact) mass is 400 g/mol. The molecule has 0 aliphatic heterocycles. The van der Waals surface area contributed by atoms with Crippen molar-refractivity contribution in [3.8, 4) is 11.1 Å². The number of amides is 1. The van der Waals surface area contributed by atoms with Crippen LogP contribution < -0.4 is 5.32 Å². The second-order valence-corrected chi connectivity index (χ2v) is 9.05. The smallest absolute Gasteiger partial charge is 0.269 e. The molecule has 1 aromatic heterocycles. The predicted octanol–water partition coefficient (Wildman–Crippen LogP) is 4.24. The summed E-state index contributed by atoms with van der Waals surface area (Å²) in [6, 6.07) is 15.0. The van der Waals surface area contributed by atoms with Crippen LogP contribution in [-0.2, 0) is 9.73 Å². The number of aromatic nitrogens is 2. The Morgan fingerprint density at radius 1 is 1.19 bits per heavy atom. The van der Waals surface area contributed by atoms with Crippen LogP contribution in [0.1, 0.15) is 22.3 Å². The van der Waals surface area contributed by atoms with Crippen LogP contribution in [-0.4, -0.2) is 32.5 Å². The maximum absolute atomic E-state index is 12.6. The molecule has 1 amide bonds. The van der Waals surface area contributed by atoms with Crippen molar-refractivity contribution < 1.29 is 9.00 Å². The van der Waals surface area contributed by atoms with Gasteiger partial charge in [0, 0.05) is 28.9 Å². The molecule has 1 heterocycles. The minimum atomic E-state index is -2.38. The molecule has 0 bridgehead atoms. The van der Waals surface area contributed by atoms with Crippen molar-refractivity contribution in [1.82, 2.24) is 9.59 Å². The summed E-state index contributed by atoms with van der Waals surface area (Å²) < 4.78 is 20.6. The van der Waals surface area contributed by atoms with Gasteiger partial charge in [-0.1, -0.05) is 34.8 Å². The topological polar surface area (TPSA) is 84.3 Å². The second kappa shape index (κ2) is 7.98. The van der Waals surface area contributed by atoms with Crippen LogP contribution in [0.4, 0.5) is 5.69 Å². The lowest BCUT2D eigenvalue weighted by Gasteiger charge is -2.12. The van der Waals surface area contributed by atoms with E-state index < -0.39 is 9.73 Å². The SMILES string of the molecule is CCN=S(C)(=O)c1ccc(-c2ccccc2NC(=O)c2snnc2C)cc1. The molecule has 1 atom stereocenters. The van der Waals surface area contributed by atoms with Crippen molar-refractivity contribution in [2.45, 2.75) is 18.7 Å². The highest BCUT2D eigenvalue weighted by Gasteiger charge is 2.15. The lowest BCUT2D eigenvalue weighted by Crippen LogP contribution is -2.12. The number of hydrogen-bond acceptors (Lipinski definition) is 6. The van der Waals surface area contributed by atoms with E-state index >= 15 is 0 Å². The van der Waals surface area contributed by atoms with E-state index in [1.165, 1.54) is 0 Å². The van der Waals surface area contributed by atoms with E-state index in [0.717, 1.165) is 22.7 Å². The first-order valence-corrected chi connectivity index (χ1v) is 11.1. The van der Waals surface area contributed by atoms with E-state index in [4.69, 9.17) is 0 Å². The molecule has 140 valence electrons. The van der Waals surface area contributed by atoms with Gasteiger partial charge in [0.2, 0.25) is 0 Å². The van der Waals surface area contributed by atoms with Crippen molar-refractivity contribution in [3.05, 3.63) is 59.1 Å². The zero-order valence-electron chi connectivity index (χ0n) is 15.3. The number of carbonyl (C=O) groups is 1. The largest absolute Gasteiger partial charge is 0.321 e. The number of aryl methyl sites for hydroxylation is 1.